The lowest BCUT2D eigenvalue weighted by atomic mass is 10.2. The van der Waals surface area contributed by atoms with Crippen LogP contribution in [0.15, 0.2) is 24.3 Å². The molecule has 0 spiro atoms. The van der Waals surface area contributed by atoms with Gasteiger partial charge in [0.05, 0.1) is 33.3 Å². The Labute approximate surface area is 181 Å². The topological polar surface area (TPSA) is 45.7 Å². The maximum Gasteiger partial charge on any atom is 0.262 e. The van der Waals surface area contributed by atoms with Gasteiger partial charge in [-0.2, -0.15) is 0 Å². The molecule has 1 fully saturated rings. The Hall–Kier alpha value is -1.22. The van der Waals surface area contributed by atoms with E-state index in [1.165, 1.54) is 28.2 Å². The van der Waals surface area contributed by atoms with Crippen molar-refractivity contribution in [1.29, 1.82) is 0 Å². The number of hydrogen-bond acceptors (Lipinski definition) is 6. The van der Waals surface area contributed by atoms with Crippen molar-refractivity contribution in [2.24, 2.45) is 0 Å². The van der Waals surface area contributed by atoms with Crippen molar-refractivity contribution < 1.29 is 9.53 Å². The molecule has 2 aromatic heterocycles. The number of anilines is 1. The Balaban J connectivity index is 1.64. The molecule has 0 bridgehead atoms. The van der Waals surface area contributed by atoms with Gasteiger partial charge in [-0.25, -0.2) is 4.98 Å². The molecule has 1 aliphatic heterocycles. The molecule has 1 amide bonds. The van der Waals surface area contributed by atoms with Crippen molar-refractivity contribution in [2.45, 2.75) is 6.92 Å². The fourth-order valence-corrected chi connectivity index (χ4v) is 5.65. The van der Waals surface area contributed by atoms with E-state index < -0.39 is 0 Å². The average molecular weight is 456 g/mol. The van der Waals surface area contributed by atoms with E-state index in [1.54, 1.807) is 11.0 Å². The first-order valence-corrected chi connectivity index (χ1v) is 11.3. The number of fused-ring (bicyclic) bond motifs is 1. The van der Waals surface area contributed by atoms with Crippen molar-refractivity contribution in [3.8, 4) is 0 Å². The van der Waals surface area contributed by atoms with Gasteiger partial charge in [-0.3, -0.25) is 14.6 Å². The van der Waals surface area contributed by atoms with E-state index in [0.717, 1.165) is 43.1 Å². The van der Waals surface area contributed by atoms with Crippen molar-refractivity contribution in [1.82, 2.24) is 9.88 Å². The highest BCUT2D eigenvalue weighted by Crippen LogP contribution is 2.35. The van der Waals surface area contributed by atoms with Crippen molar-refractivity contribution in [3.63, 3.8) is 0 Å². The second kappa shape index (κ2) is 8.65. The zero-order valence-corrected chi connectivity index (χ0v) is 18.4. The molecule has 9 heteroatoms. The normalized spacial score (nSPS) is 15.2. The number of benzene rings is 1. The van der Waals surface area contributed by atoms with Crippen LogP contribution < -0.4 is 4.90 Å². The zero-order chi connectivity index (χ0) is 19.7. The molecule has 0 unspecified atom stereocenters. The van der Waals surface area contributed by atoms with Crippen LogP contribution in [-0.4, -0.2) is 55.2 Å². The molecule has 148 valence electrons. The molecule has 0 atom stereocenters. The van der Waals surface area contributed by atoms with Gasteiger partial charge in [-0.05, 0) is 30.7 Å². The van der Waals surface area contributed by atoms with E-state index in [0.29, 0.717) is 25.9 Å². The van der Waals surface area contributed by atoms with Gasteiger partial charge in [-0.15, -0.1) is 11.3 Å². The Morgan fingerprint density at radius 3 is 2.75 bits per heavy atom. The Morgan fingerprint density at radius 2 is 2.04 bits per heavy atom. The number of nitrogens with zero attached hydrogens (tertiary/aromatic N) is 3. The van der Waals surface area contributed by atoms with E-state index in [4.69, 9.17) is 32.9 Å². The lowest BCUT2D eigenvalue weighted by Crippen LogP contribution is -2.43. The van der Waals surface area contributed by atoms with Crippen LogP contribution in [0.4, 0.5) is 5.13 Å². The van der Waals surface area contributed by atoms with Gasteiger partial charge >= 0.3 is 0 Å². The highest BCUT2D eigenvalue weighted by Gasteiger charge is 2.25. The van der Waals surface area contributed by atoms with E-state index >= 15 is 0 Å². The van der Waals surface area contributed by atoms with Crippen LogP contribution in [-0.2, 0) is 4.74 Å². The highest BCUT2D eigenvalue weighted by atomic mass is 35.5. The number of carbonyl (C=O) groups is 1. The van der Waals surface area contributed by atoms with Crippen molar-refractivity contribution >= 4 is 67.1 Å². The molecule has 0 aliphatic carbocycles. The minimum absolute atomic E-state index is 0.169. The number of rotatable bonds is 5. The van der Waals surface area contributed by atoms with E-state index in [1.807, 2.05) is 19.1 Å². The van der Waals surface area contributed by atoms with Gasteiger partial charge < -0.3 is 4.74 Å². The SMILES string of the molecule is Cc1ccc2nc(N(CCN3CCOCC3)C(=O)c3cc(Cl)sc3Cl)sc2c1. The molecule has 4 rings (SSSR count). The molecular weight excluding hydrogens is 437 g/mol. The standard InChI is InChI=1S/C19H19Cl2N3O2S2/c1-12-2-3-14-15(10-12)27-19(22-14)24(5-4-23-6-8-26-9-7-23)18(25)13-11-16(20)28-17(13)21/h2-3,10-11H,4-9H2,1H3. The monoisotopic (exact) mass is 455 g/mol. The van der Waals surface area contributed by atoms with Crippen LogP contribution in [0, 0.1) is 6.92 Å². The number of aromatic nitrogens is 1. The number of thiophene rings is 1. The number of ether oxygens (including phenoxy) is 1. The molecule has 0 saturated carbocycles. The van der Waals surface area contributed by atoms with Gasteiger partial charge in [-0.1, -0.05) is 40.6 Å². The minimum atomic E-state index is -0.169. The van der Waals surface area contributed by atoms with Crippen LogP contribution >= 0.6 is 45.9 Å². The summed E-state index contributed by atoms with van der Waals surface area (Å²) in [6.07, 6.45) is 0. The Bertz CT molecular complexity index is 998. The minimum Gasteiger partial charge on any atom is -0.379 e. The quantitative estimate of drug-likeness (QED) is 0.545. The van der Waals surface area contributed by atoms with Crippen LogP contribution in [0.25, 0.3) is 10.2 Å². The summed E-state index contributed by atoms with van der Waals surface area (Å²) >= 11 is 15.1. The van der Waals surface area contributed by atoms with Gasteiger partial charge in [0, 0.05) is 26.2 Å². The number of morpholine rings is 1. The summed E-state index contributed by atoms with van der Waals surface area (Å²) in [5.74, 6) is -0.169. The van der Waals surface area contributed by atoms with E-state index in [-0.39, 0.29) is 5.91 Å². The number of thiazole rings is 1. The van der Waals surface area contributed by atoms with Crippen molar-refractivity contribution in [2.75, 3.05) is 44.3 Å². The average Bonchev–Trinajstić information content (AvgIpc) is 3.24. The van der Waals surface area contributed by atoms with Crippen LogP contribution in [0.1, 0.15) is 15.9 Å². The molecule has 28 heavy (non-hydrogen) atoms. The summed E-state index contributed by atoms with van der Waals surface area (Å²) in [5.41, 5.74) is 2.49. The van der Waals surface area contributed by atoms with E-state index in [9.17, 15) is 4.79 Å². The summed E-state index contributed by atoms with van der Waals surface area (Å²) in [7, 11) is 0. The summed E-state index contributed by atoms with van der Waals surface area (Å²) in [5, 5.41) is 0.678. The fraction of sp³-hybridized carbons (Fsp3) is 0.368. The summed E-state index contributed by atoms with van der Waals surface area (Å²) < 4.78 is 7.38. The third-order valence-electron chi connectivity index (χ3n) is 4.64. The number of amides is 1. The predicted molar refractivity (Wildman–Crippen MR) is 118 cm³/mol. The maximum atomic E-state index is 13.3. The van der Waals surface area contributed by atoms with Crippen LogP contribution in [0.2, 0.25) is 8.67 Å². The molecule has 1 aromatic carbocycles. The van der Waals surface area contributed by atoms with Gasteiger partial charge in [0.2, 0.25) is 0 Å². The van der Waals surface area contributed by atoms with Gasteiger partial charge in [0.25, 0.3) is 5.91 Å². The molecule has 3 heterocycles. The molecule has 0 radical (unpaired) electrons. The molecule has 5 nitrogen and oxygen atoms in total. The second-order valence-corrected chi connectivity index (χ2v) is 9.91. The molecule has 1 saturated heterocycles. The number of halogens is 2. The van der Waals surface area contributed by atoms with E-state index in [2.05, 4.69) is 11.0 Å². The van der Waals surface area contributed by atoms with Gasteiger partial charge in [0.15, 0.2) is 5.13 Å². The summed E-state index contributed by atoms with van der Waals surface area (Å²) in [6.45, 7) is 6.51. The summed E-state index contributed by atoms with van der Waals surface area (Å²) in [6, 6.07) is 7.75. The van der Waals surface area contributed by atoms with Gasteiger partial charge in [0.1, 0.15) is 4.34 Å². The smallest absolute Gasteiger partial charge is 0.262 e. The summed E-state index contributed by atoms with van der Waals surface area (Å²) in [4.78, 5) is 22.0. The molecular formula is C19H19Cl2N3O2S2. The first-order valence-electron chi connectivity index (χ1n) is 8.95. The Kier molecular flexibility index (Phi) is 6.20. The number of aryl methyl sites for hydroxylation is 1. The van der Waals surface area contributed by atoms with Crippen molar-refractivity contribution in [3.05, 3.63) is 44.1 Å². The highest BCUT2D eigenvalue weighted by molar-refractivity contribution is 7.22. The Morgan fingerprint density at radius 1 is 1.25 bits per heavy atom. The van der Waals surface area contributed by atoms with Crippen LogP contribution in [0.3, 0.4) is 0 Å². The largest absolute Gasteiger partial charge is 0.379 e. The number of carbonyl (C=O) groups excluding carboxylic acids is 1. The maximum absolute atomic E-state index is 13.3. The molecule has 1 aliphatic rings. The lowest BCUT2D eigenvalue weighted by Gasteiger charge is -2.29. The molecule has 3 aromatic rings. The lowest BCUT2D eigenvalue weighted by molar-refractivity contribution is 0.0391. The second-order valence-electron chi connectivity index (χ2n) is 6.62. The first-order chi connectivity index (χ1) is 13.5. The zero-order valence-electron chi connectivity index (χ0n) is 15.3. The third-order valence-corrected chi connectivity index (χ3v) is 7.17. The first kappa shape index (κ1) is 20.1. The van der Waals surface area contributed by atoms with Crippen LogP contribution in [0.5, 0.6) is 0 Å². The predicted octanol–water partition coefficient (Wildman–Crippen LogP) is 4.95. The molecule has 0 N–H and O–H groups in total. The fourth-order valence-electron chi connectivity index (χ4n) is 3.12. The number of hydrogen-bond donors (Lipinski definition) is 0. The third kappa shape index (κ3) is 4.35.